The van der Waals surface area contributed by atoms with E-state index < -0.39 is 11.9 Å². The number of thiazole rings is 1. The van der Waals surface area contributed by atoms with Crippen LogP contribution in [0.1, 0.15) is 5.69 Å². The third-order valence-corrected chi connectivity index (χ3v) is 4.13. The summed E-state index contributed by atoms with van der Waals surface area (Å²) >= 11 is 1.48. The van der Waals surface area contributed by atoms with E-state index in [0.29, 0.717) is 13.1 Å². The van der Waals surface area contributed by atoms with Gasteiger partial charge in [0.2, 0.25) is 0 Å². The van der Waals surface area contributed by atoms with Crippen LogP contribution in [0.15, 0.2) is 59.2 Å². The fraction of sp³-hybridized carbons (Fsp3) is 0.111. The predicted octanol–water partition coefficient (Wildman–Crippen LogP) is 1.85. The van der Waals surface area contributed by atoms with Gasteiger partial charge in [-0.1, -0.05) is 36.4 Å². The van der Waals surface area contributed by atoms with Crippen molar-refractivity contribution in [3.05, 3.63) is 70.5 Å². The van der Waals surface area contributed by atoms with E-state index in [1.807, 2.05) is 35.7 Å². The monoisotopic (exact) mass is 387 g/mol. The summed E-state index contributed by atoms with van der Waals surface area (Å²) < 4.78 is 1.66. The fourth-order valence-electron chi connectivity index (χ4n) is 2.17. The van der Waals surface area contributed by atoms with Gasteiger partial charge >= 0.3 is 11.9 Å². The van der Waals surface area contributed by atoms with Crippen LogP contribution >= 0.6 is 11.3 Å². The molecule has 0 bridgehead atoms. The third kappa shape index (κ3) is 5.33. The van der Waals surface area contributed by atoms with Crippen molar-refractivity contribution in [2.24, 2.45) is 0 Å². The number of aliphatic carboxylic acids is 2. The number of nitrogens with one attached hydrogen (secondary N) is 1. The first kappa shape index (κ1) is 20.0. The molecule has 0 spiro atoms. The summed E-state index contributed by atoms with van der Waals surface area (Å²) in [5, 5.41) is 19.9. The van der Waals surface area contributed by atoms with Crippen LogP contribution in [0, 0.1) is 0 Å². The van der Waals surface area contributed by atoms with Crippen molar-refractivity contribution in [1.82, 2.24) is 14.7 Å². The van der Waals surface area contributed by atoms with Crippen LogP contribution in [0.3, 0.4) is 0 Å². The number of fused-ring (bicyclic) bond motifs is 1. The van der Waals surface area contributed by atoms with Crippen LogP contribution in [0.4, 0.5) is 0 Å². The van der Waals surface area contributed by atoms with E-state index >= 15 is 0 Å². The molecule has 0 aliphatic heterocycles. The molecule has 3 aromatic rings. The minimum absolute atomic E-state index is 0.0458. The van der Waals surface area contributed by atoms with Gasteiger partial charge in [-0.05, 0) is 5.56 Å². The average Bonchev–Trinajstić information content (AvgIpc) is 3.08. The Hall–Kier alpha value is -3.30. The van der Waals surface area contributed by atoms with Gasteiger partial charge in [-0.25, -0.2) is 14.6 Å². The molecule has 3 N–H and O–H groups in total. The minimum Gasteiger partial charge on any atom is -0.473 e. The molecule has 0 saturated heterocycles. The lowest BCUT2D eigenvalue weighted by molar-refractivity contribution is -0.159. The number of carboxylic acids is 2. The molecule has 0 amide bonds. The van der Waals surface area contributed by atoms with Gasteiger partial charge in [0.05, 0.1) is 11.4 Å². The van der Waals surface area contributed by atoms with Crippen molar-refractivity contribution in [2.75, 3.05) is 6.54 Å². The lowest BCUT2D eigenvalue weighted by Crippen LogP contribution is -2.19. The van der Waals surface area contributed by atoms with Gasteiger partial charge in [-0.15, -0.1) is 17.9 Å². The molecule has 0 atom stereocenters. The smallest absolute Gasteiger partial charge is 0.414 e. The SMILES string of the molecule is C=CCNCc1cc(=O)n2c(-c3ccccc3)csc2n1.O=C(O)C(=O)O. The highest BCUT2D eigenvalue weighted by molar-refractivity contribution is 7.15. The molecule has 8 nitrogen and oxygen atoms in total. The van der Waals surface area contributed by atoms with Crippen molar-refractivity contribution in [2.45, 2.75) is 6.54 Å². The van der Waals surface area contributed by atoms with Gasteiger partial charge in [-0.3, -0.25) is 9.20 Å². The van der Waals surface area contributed by atoms with E-state index in [2.05, 4.69) is 16.9 Å². The molecule has 140 valence electrons. The Bertz CT molecular complexity index is 999. The number of hydrogen-bond donors (Lipinski definition) is 3. The van der Waals surface area contributed by atoms with Crippen LogP contribution in [0.2, 0.25) is 0 Å². The zero-order valence-corrected chi connectivity index (χ0v) is 15.0. The van der Waals surface area contributed by atoms with E-state index in [-0.39, 0.29) is 5.56 Å². The minimum atomic E-state index is -1.82. The fourth-order valence-corrected chi connectivity index (χ4v) is 3.09. The second-order valence-electron chi connectivity index (χ2n) is 5.22. The van der Waals surface area contributed by atoms with Crippen LogP contribution in [-0.4, -0.2) is 38.1 Å². The van der Waals surface area contributed by atoms with Gasteiger partial charge in [0.25, 0.3) is 5.56 Å². The molecule has 27 heavy (non-hydrogen) atoms. The number of rotatable bonds is 5. The molecule has 3 rings (SSSR count). The van der Waals surface area contributed by atoms with Crippen molar-refractivity contribution in [3.8, 4) is 11.3 Å². The summed E-state index contributed by atoms with van der Waals surface area (Å²) in [4.78, 5) is 35.8. The van der Waals surface area contributed by atoms with Crippen molar-refractivity contribution in [1.29, 1.82) is 0 Å². The molecule has 9 heteroatoms. The Morgan fingerprint density at radius 3 is 2.48 bits per heavy atom. The third-order valence-electron chi connectivity index (χ3n) is 3.31. The van der Waals surface area contributed by atoms with E-state index in [1.165, 1.54) is 11.3 Å². The zero-order valence-electron chi connectivity index (χ0n) is 14.2. The molecule has 0 unspecified atom stereocenters. The first-order valence-corrected chi connectivity index (χ1v) is 8.65. The quantitative estimate of drug-likeness (QED) is 0.347. The number of carboxylic acid groups (broad SMARTS) is 2. The number of aromatic nitrogens is 2. The van der Waals surface area contributed by atoms with Gasteiger partial charge in [0.1, 0.15) is 0 Å². The van der Waals surface area contributed by atoms with E-state index in [0.717, 1.165) is 21.9 Å². The second-order valence-corrected chi connectivity index (χ2v) is 6.06. The maximum absolute atomic E-state index is 12.4. The maximum atomic E-state index is 12.4. The first-order chi connectivity index (χ1) is 12.9. The van der Waals surface area contributed by atoms with Crippen LogP contribution in [-0.2, 0) is 16.1 Å². The number of hydrogen-bond acceptors (Lipinski definition) is 6. The molecular weight excluding hydrogens is 370 g/mol. The number of nitrogens with zero attached hydrogens (tertiary/aromatic N) is 2. The molecule has 2 heterocycles. The van der Waals surface area contributed by atoms with Crippen molar-refractivity contribution in [3.63, 3.8) is 0 Å². The largest absolute Gasteiger partial charge is 0.473 e. The average molecular weight is 387 g/mol. The predicted molar refractivity (Wildman–Crippen MR) is 102 cm³/mol. The Labute approximate surface area is 158 Å². The maximum Gasteiger partial charge on any atom is 0.414 e. The molecule has 0 fully saturated rings. The normalized spacial score (nSPS) is 10.1. The standard InChI is InChI=1S/C16H15N3OS.C2H2O4/c1-2-8-17-10-13-9-15(20)19-14(11-21-16(19)18-13)12-6-4-3-5-7-12;3-1(4)2(5)6/h2-7,9,11,17H,1,8,10H2;(H,3,4)(H,5,6). The topological polar surface area (TPSA) is 121 Å². The van der Waals surface area contributed by atoms with Crippen molar-refractivity contribution >= 4 is 28.2 Å². The summed E-state index contributed by atoms with van der Waals surface area (Å²) in [5.74, 6) is -3.65. The van der Waals surface area contributed by atoms with E-state index in [9.17, 15) is 4.79 Å². The zero-order chi connectivity index (χ0) is 19.8. The summed E-state index contributed by atoms with van der Waals surface area (Å²) in [5.41, 5.74) is 2.61. The lowest BCUT2D eigenvalue weighted by Gasteiger charge is -2.04. The lowest BCUT2D eigenvalue weighted by atomic mass is 10.2. The summed E-state index contributed by atoms with van der Waals surface area (Å²) in [6.07, 6.45) is 1.78. The Morgan fingerprint density at radius 1 is 1.22 bits per heavy atom. The first-order valence-electron chi connectivity index (χ1n) is 7.77. The Balaban J connectivity index is 0.000000380. The van der Waals surface area contributed by atoms with Crippen LogP contribution in [0.25, 0.3) is 16.2 Å². The summed E-state index contributed by atoms with van der Waals surface area (Å²) in [6, 6.07) is 11.5. The Morgan fingerprint density at radius 2 is 1.89 bits per heavy atom. The van der Waals surface area contributed by atoms with Crippen LogP contribution < -0.4 is 10.9 Å². The molecule has 0 radical (unpaired) electrons. The van der Waals surface area contributed by atoms with Gasteiger partial charge < -0.3 is 15.5 Å². The molecule has 2 aromatic heterocycles. The highest BCUT2D eigenvalue weighted by atomic mass is 32.1. The molecular formula is C18H17N3O5S. The number of carbonyl (C=O) groups is 2. The molecule has 1 aromatic carbocycles. The van der Waals surface area contributed by atoms with E-state index in [1.54, 1.807) is 16.5 Å². The molecule has 0 saturated carbocycles. The van der Waals surface area contributed by atoms with E-state index in [4.69, 9.17) is 19.8 Å². The van der Waals surface area contributed by atoms with Crippen molar-refractivity contribution < 1.29 is 19.8 Å². The summed E-state index contributed by atoms with van der Waals surface area (Å²) in [6.45, 7) is 4.91. The van der Waals surface area contributed by atoms with Gasteiger partial charge in [0, 0.05) is 24.5 Å². The highest BCUT2D eigenvalue weighted by Crippen LogP contribution is 2.23. The highest BCUT2D eigenvalue weighted by Gasteiger charge is 2.10. The van der Waals surface area contributed by atoms with Gasteiger partial charge in [0.15, 0.2) is 4.96 Å². The Kier molecular flexibility index (Phi) is 6.98. The molecule has 0 aliphatic rings. The van der Waals surface area contributed by atoms with Gasteiger partial charge in [-0.2, -0.15) is 0 Å². The second kappa shape index (κ2) is 9.41. The van der Waals surface area contributed by atoms with Crippen LogP contribution in [0.5, 0.6) is 0 Å². The molecule has 0 aliphatic carbocycles. The summed E-state index contributed by atoms with van der Waals surface area (Å²) in [7, 11) is 0. The number of benzene rings is 1.